The lowest BCUT2D eigenvalue weighted by atomic mass is 10.2. The van der Waals surface area contributed by atoms with Crippen LogP contribution >= 0.6 is 15.9 Å². The van der Waals surface area contributed by atoms with Crippen molar-refractivity contribution in [1.82, 2.24) is 15.0 Å². The molecule has 0 amide bonds. The van der Waals surface area contributed by atoms with Gasteiger partial charge in [0.1, 0.15) is 0 Å². The number of hydrogen-bond donors (Lipinski definition) is 2. The van der Waals surface area contributed by atoms with Gasteiger partial charge in [0, 0.05) is 16.7 Å². The van der Waals surface area contributed by atoms with Crippen LogP contribution in [0.3, 0.4) is 0 Å². The van der Waals surface area contributed by atoms with Crippen molar-refractivity contribution in [2.24, 2.45) is 0 Å². The van der Waals surface area contributed by atoms with Gasteiger partial charge in [0.25, 0.3) is 0 Å². The highest BCUT2D eigenvalue weighted by atomic mass is 79.9. The van der Waals surface area contributed by atoms with Gasteiger partial charge < -0.3 is 15.4 Å². The Hall–Kier alpha value is -1.89. The number of benzene rings is 1. The molecule has 1 aromatic heterocycles. The molecule has 7 heteroatoms. The van der Waals surface area contributed by atoms with Crippen LogP contribution in [0, 0.1) is 6.92 Å². The molecule has 2 N–H and O–H groups in total. The Morgan fingerprint density at radius 3 is 2.67 bits per heavy atom. The van der Waals surface area contributed by atoms with E-state index in [1.165, 1.54) is 7.11 Å². The Morgan fingerprint density at radius 2 is 1.95 bits per heavy atom. The number of aromatic nitrogens is 3. The first-order valence-corrected chi connectivity index (χ1v) is 7.49. The van der Waals surface area contributed by atoms with Crippen molar-refractivity contribution < 1.29 is 4.74 Å². The predicted octanol–water partition coefficient (Wildman–Crippen LogP) is 3.52. The van der Waals surface area contributed by atoms with E-state index in [9.17, 15) is 0 Å². The van der Waals surface area contributed by atoms with Gasteiger partial charge >= 0.3 is 6.01 Å². The molecule has 0 saturated heterocycles. The Morgan fingerprint density at radius 1 is 1.19 bits per heavy atom. The molecule has 1 aromatic carbocycles. The van der Waals surface area contributed by atoms with Crippen LogP contribution < -0.4 is 15.4 Å². The molecule has 6 nitrogen and oxygen atoms in total. The van der Waals surface area contributed by atoms with Crippen LogP contribution in [0.1, 0.15) is 18.9 Å². The van der Waals surface area contributed by atoms with Gasteiger partial charge in [0.2, 0.25) is 11.9 Å². The summed E-state index contributed by atoms with van der Waals surface area (Å²) < 4.78 is 6.14. The van der Waals surface area contributed by atoms with Crippen LogP contribution in [-0.4, -0.2) is 28.6 Å². The molecule has 0 unspecified atom stereocenters. The van der Waals surface area contributed by atoms with Crippen molar-refractivity contribution in [2.45, 2.75) is 20.3 Å². The van der Waals surface area contributed by atoms with E-state index < -0.39 is 0 Å². The largest absolute Gasteiger partial charge is 0.467 e. The van der Waals surface area contributed by atoms with Crippen LogP contribution in [0.25, 0.3) is 0 Å². The summed E-state index contributed by atoms with van der Waals surface area (Å²) in [5.41, 5.74) is 2.01. The zero-order chi connectivity index (χ0) is 15.2. The number of ether oxygens (including phenoxy) is 1. The number of halogens is 1. The lowest BCUT2D eigenvalue weighted by Crippen LogP contribution is -2.09. The monoisotopic (exact) mass is 351 g/mol. The van der Waals surface area contributed by atoms with Gasteiger partial charge in [-0.2, -0.15) is 15.0 Å². The number of hydrogen-bond acceptors (Lipinski definition) is 6. The zero-order valence-electron chi connectivity index (χ0n) is 12.3. The SMILES string of the molecule is CCCNc1nc(Nc2cccc(Br)c2C)nc(OC)n1. The highest BCUT2D eigenvalue weighted by Gasteiger charge is 2.08. The fourth-order valence-electron chi connectivity index (χ4n) is 1.68. The molecule has 2 aromatic rings. The molecular formula is C14H18BrN5O. The van der Waals surface area contributed by atoms with E-state index >= 15 is 0 Å². The van der Waals surface area contributed by atoms with Crippen LogP contribution in [0.5, 0.6) is 6.01 Å². The molecule has 2 rings (SSSR count). The molecule has 0 spiro atoms. The van der Waals surface area contributed by atoms with Crippen LogP contribution in [0.15, 0.2) is 22.7 Å². The fraction of sp³-hybridized carbons (Fsp3) is 0.357. The number of nitrogens with zero attached hydrogens (tertiary/aromatic N) is 3. The summed E-state index contributed by atoms with van der Waals surface area (Å²) in [5.74, 6) is 0.945. The minimum atomic E-state index is 0.277. The number of rotatable bonds is 6. The van der Waals surface area contributed by atoms with Gasteiger partial charge in [-0.05, 0) is 31.0 Å². The average molecular weight is 352 g/mol. The van der Waals surface area contributed by atoms with Gasteiger partial charge in [-0.25, -0.2) is 0 Å². The lowest BCUT2D eigenvalue weighted by molar-refractivity contribution is 0.379. The van der Waals surface area contributed by atoms with Crippen molar-refractivity contribution >= 4 is 33.5 Å². The fourth-order valence-corrected chi connectivity index (χ4v) is 2.05. The zero-order valence-corrected chi connectivity index (χ0v) is 13.9. The van der Waals surface area contributed by atoms with E-state index in [0.717, 1.165) is 28.7 Å². The van der Waals surface area contributed by atoms with Gasteiger partial charge in [-0.1, -0.05) is 28.9 Å². The van der Waals surface area contributed by atoms with Crippen LogP contribution in [0.2, 0.25) is 0 Å². The molecule has 0 fully saturated rings. The van der Waals surface area contributed by atoms with Crippen molar-refractivity contribution in [3.63, 3.8) is 0 Å². The van der Waals surface area contributed by atoms with Crippen molar-refractivity contribution in [3.05, 3.63) is 28.2 Å². The third-order valence-electron chi connectivity index (χ3n) is 2.84. The van der Waals surface area contributed by atoms with Crippen LogP contribution in [0.4, 0.5) is 17.6 Å². The maximum Gasteiger partial charge on any atom is 0.322 e. The first-order valence-electron chi connectivity index (χ1n) is 6.70. The molecular weight excluding hydrogens is 334 g/mol. The molecule has 0 atom stereocenters. The van der Waals surface area contributed by atoms with Crippen molar-refractivity contribution in [1.29, 1.82) is 0 Å². The summed E-state index contributed by atoms with van der Waals surface area (Å²) in [6.45, 7) is 4.89. The van der Waals surface area contributed by atoms with Crippen molar-refractivity contribution in [3.8, 4) is 6.01 Å². The van der Waals surface area contributed by atoms with Gasteiger partial charge in [-0.15, -0.1) is 0 Å². The van der Waals surface area contributed by atoms with Crippen LogP contribution in [-0.2, 0) is 0 Å². The quantitative estimate of drug-likeness (QED) is 0.829. The molecule has 0 aliphatic rings. The summed E-state index contributed by atoms with van der Waals surface area (Å²) in [5, 5.41) is 6.32. The maximum absolute atomic E-state index is 5.12. The lowest BCUT2D eigenvalue weighted by Gasteiger charge is -2.11. The number of anilines is 3. The molecule has 0 radical (unpaired) electrons. The summed E-state index contributed by atoms with van der Waals surface area (Å²) in [7, 11) is 1.53. The molecule has 0 bridgehead atoms. The summed E-state index contributed by atoms with van der Waals surface area (Å²) in [6, 6.07) is 6.19. The van der Waals surface area contributed by atoms with E-state index in [-0.39, 0.29) is 6.01 Å². The van der Waals surface area contributed by atoms with E-state index in [2.05, 4.69) is 48.4 Å². The van der Waals surface area contributed by atoms with E-state index in [1.54, 1.807) is 0 Å². The van der Waals surface area contributed by atoms with Gasteiger partial charge in [-0.3, -0.25) is 0 Å². The third kappa shape index (κ3) is 4.04. The molecule has 1 heterocycles. The Balaban J connectivity index is 2.28. The van der Waals surface area contributed by atoms with Crippen molar-refractivity contribution in [2.75, 3.05) is 24.3 Å². The average Bonchev–Trinajstić information content (AvgIpc) is 2.49. The highest BCUT2D eigenvalue weighted by molar-refractivity contribution is 9.10. The second-order valence-electron chi connectivity index (χ2n) is 4.43. The topological polar surface area (TPSA) is 72.0 Å². The molecule has 0 aliphatic heterocycles. The highest BCUT2D eigenvalue weighted by Crippen LogP contribution is 2.26. The molecule has 21 heavy (non-hydrogen) atoms. The smallest absolute Gasteiger partial charge is 0.322 e. The second-order valence-corrected chi connectivity index (χ2v) is 5.29. The first kappa shape index (κ1) is 15.5. The molecule has 0 saturated carbocycles. The standard InChI is InChI=1S/C14H18BrN5O/c1-4-8-16-12-18-13(20-14(19-12)21-3)17-11-7-5-6-10(15)9(11)2/h5-7H,4,8H2,1-3H3,(H2,16,17,18,19,20). The number of nitrogens with one attached hydrogen (secondary N) is 2. The maximum atomic E-state index is 5.12. The third-order valence-corrected chi connectivity index (χ3v) is 3.70. The van der Waals surface area contributed by atoms with E-state index in [1.807, 2.05) is 25.1 Å². The van der Waals surface area contributed by atoms with E-state index in [4.69, 9.17) is 4.74 Å². The number of methoxy groups -OCH3 is 1. The molecule has 0 aliphatic carbocycles. The Kier molecular flexibility index (Phi) is 5.32. The first-order chi connectivity index (χ1) is 10.1. The summed E-state index contributed by atoms with van der Waals surface area (Å²) >= 11 is 3.51. The minimum Gasteiger partial charge on any atom is -0.467 e. The Labute approximate surface area is 132 Å². The van der Waals surface area contributed by atoms with Gasteiger partial charge in [0.15, 0.2) is 0 Å². The molecule has 112 valence electrons. The second kappa shape index (κ2) is 7.21. The summed E-state index contributed by atoms with van der Waals surface area (Å²) in [4.78, 5) is 12.7. The predicted molar refractivity (Wildman–Crippen MR) is 87.3 cm³/mol. The normalized spacial score (nSPS) is 10.3. The van der Waals surface area contributed by atoms with Gasteiger partial charge in [0.05, 0.1) is 7.11 Å². The minimum absolute atomic E-state index is 0.277. The van der Waals surface area contributed by atoms with E-state index in [0.29, 0.717) is 11.9 Å². The Bertz CT molecular complexity index is 620. The summed E-state index contributed by atoms with van der Waals surface area (Å²) in [6.07, 6.45) is 0.988.